The second kappa shape index (κ2) is 5.75. The maximum Gasteiger partial charge on any atom is 0.522 e. The van der Waals surface area contributed by atoms with E-state index >= 15 is 0 Å². The molecule has 16 heavy (non-hydrogen) atoms. The largest absolute Gasteiger partial charge is 0.522 e. The lowest BCUT2D eigenvalue weighted by Crippen LogP contribution is -2.19. The molecule has 0 heterocycles. The summed E-state index contributed by atoms with van der Waals surface area (Å²) in [5.41, 5.74) is 0.623. The lowest BCUT2D eigenvalue weighted by Gasteiger charge is -2.10. The van der Waals surface area contributed by atoms with E-state index in [4.69, 9.17) is 11.6 Å². The molecule has 0 aliphatic carbocycles. The van der Waals surface area contributed by atoms with Crippen LogP contribution >= 0.6 is 27.5 Å². The molecule has 0 bridgehead atoms. The minimum atomic E-state index is -4.59. The van der Waals surface area contributed by atoms with E-state index in [-0.39, 0.29) is 6.54 Å². The van der Waals surface area contributed by atoms with Crippen molar-refractivity contribution < 1.29 is 17.9 Å². The molecule has 1 rings (SSSR count). The summed E-state index contributed by atoms with van der Waals surface area (Å²) >= 11 is 9.02. The molecule has 1 N–H and O–H groups in total. The van der Waals surface area contributed by atoms with Crippen LogP contribution in [0.1, 0.15) is 0 Å². The first-order chi connectivity index (χ1) is 7.40. The van der Waals surface area contributed by atoms with Gasteiger partial charge in [0.15, 0.2) is 0 Å². The van der Waals surface area contributed by atoms with Gasteiger partial charge in [-0.15, -0.1) is 13.2 Å². The van der Waals surface area contributed by atoms with Crippen LogP contribution in [0.3, 0.4) is 0 Å². The Morgan fingerprint density at radius 3 is 2.69 bits per heavy atom. The minimum Gasteiger partial charge on any atom is -0.382 e. The number of nitrogens with one attached hydrogen (secondary N) is 1. The molecule has 0 radical (unpaired) electrons. The van der Waals surface area contributed by atoms with E-state index in [0.29, 0.717) is 15.2 Å². The predicted octanol–water partition coefficient (Wildman–Crippen LogP) is 4.05. The first kappa shape index (κ1) is 13.6. The van der Waals surface area contributed by atoms with Crippen molar-refractivity contribution in [3.8, 4) is 0 Å². The molecule has 0 aliphatic heterocycles. The van der Waals surface area contributed by atoms with E-state index in [2.05, 4.69) is 26.0 Å². The molecule has 0 amide bonds. The second-order valence-electron chi connectivity index (χ2n) is 2.82. The molecule has 1 aromatic carbocycles. The number of ether oxygens (including phenoxy) is 1. The number of benzene rings is 1. The van der Waals surface area contributed by atoms with Gasteiger partial charge in [0.2, 0.25) is 0 Å². The average molecular weight is 319 g/mol. The summed E-state index contributed by atoms with van der Waals surface area (Å²) in [6.45, 7) is -0.416. The van der Waals surface area contributed by atoms with Gasteiger partial charge in [0.1, 0.15) is 0 Å². The summed E-state index contributed by atoms with van der Waals surface area (Å²) in [6.07, 6.45) is -4.59. The van der Waals surface area contributed by atoms with E-state index in [1.54, 1.807) is 18.2 Å². The van der Waals surface area contributed by atoms with E-state index in [0.717, 1.165) is 0 Å². The van der Waals surface area contributed by atoms with Crippen molar-refractivity contribution in [2.75, 3.05) is 18.5 Å². The highest BCUT2D eigenvalue weighted by molar-refractivity contribution is 9.10. The zero-order valence-electron chi connectivity index (χ0n) is 7.94. The van der Waals surface area contributed by atoms with Gasteiger partial charge in [0, 0.05) is 6.54 Å². The van der Waals surface area contributed by atoms with Gasteiger partial charge in [0.05, 0.1) is 21.8 Å². The van der Waals surface area contributed by atoms with E-state index in [1.807, 2.05) is 0 Å². The van der Waals surface area contributed by atoms with Crippen molar-refractivity contribution in [2.24, 2.45) is 0 Å². The molecule has 0 saturated heterocycles. The molecule has 0 unspecified atom stereocenters. The van der Waals surface area contributed by atoms with Gasteiger partial charge in [-0.2, -0.15) is 0 Å². The Hall–Kier alpha value is -0.460. The highest BCUT2D eigenvalue weighted by Gasteiger charge is 2.28. The Kier molecular flexibility index (Phi) is 4.89. The number of hydrogen-bond donors (Lipinski definition) is 1. The van der Waals surface area contributed by atoms with Gasteiger partial charge >= 0.3 is 6.36 Å². The van der Waals surface area contributed by atoms with Crippen LogP contribution in [0.15, 0.2) is 22.7 Å². The maximum absolute atomic E-state index is 11.6. The first-order valence-electron chi connectivity index (χ1n) is 4.29. The molecule has 0 aromatic heterocycles. The van der Waals surface area contributed by atoms with Gasteiger partial charge < -0.3 is 5.32 Å². The molecule has 0 atom stereocenters. The van der Waals surface area contributed by atoms with Crippen LogP contribution in [-0.4, -0.2) is 19.5 Å². The zero-order chi connectivity index (χ0) is 12.2. The summed E-state index contributed by atoms with van der Waals surface area (Å²) in [7, 11) is 0. The second-order valence-corrected chi connectivity index (χ2v) is 4.02. The molecular formula is C9H8BrClF3NO. The van der Waals surface area contributed by atoms with Crippen LogP contribution in [0.2, 0.25) is 5.02 Å². The van der Waals surface area contributed by atoms with E-state index < -0.39 is 13.0 Å². The lowest BCUT2D eigenvalue weighted by atomic mass is 10.3. The van der Waals surface area contributed by atoms with Gasteiger partial charge in [-0.05, 0) is 28.1 Å². The number of hydrogen-bond acceptors (Lipinski definition) is 2. The number of halogens is 5. The Balaban J connectivity index is 2.41. The van der Waals surface area contributed by atoms with Crippen LogP contribution in [0.4, 0.5) is 18.9 Å². The molecule has 0 saturated carbocycles. The molecule has 0 fully saturated rings. The molecule has 0 aliphatic rings. The smallest absolute Gasteiger partial charge is 0.382 e. The SMILES string of the molecule is FC(F)(F)OCCNc1cccc(Cl)c1Br. The summed E-state index contributed by atoms with van der Waals surface area (Å²) in [4.78, 5) is 0. The van der Waals surface area contributed by atoms with Gasteiger partial charge in [-0.25, -0.2) is 0 Å². The van der Waals surface area contributed by atoms with E-state index in [1.165, 1.54) is 0 Å². The minimum absolute atomic E-state index is 0.0401. The topological polar surface area (TPSA) is 21.3 Å². The first-order valence-corrected chi connectivity index (χ1v) is 5.46. The predicted molar refractivity (Wildman–Crippen MR) is 59.6 cm³/mol. The fraction of sp³-hybridized carbons (Fsp3) is 0.333. The Labute approximate surface area is 104 Å². The molecule has 7 heteroatoms. The Bertz CT molecular complexity index is 359. The van der Waals surface area contributed by atoms with Crippen LogP contribution < -0.4 is 5.32 Å². The van der Waals surface area contributed by atoms with Crippen molar-refractivity contribution in [1.29, 1.82) is 0 Å². The molecule has 1 aromatic rings. The zero-order valence-corrected chi connectivity index (χ0v) is 10.3. The molecule has 2 nitrogen and oxygen atoms in total. The summed E-state index contributed by atoms with van der Waals surface area (Å²) in [6, 6.07) is 5.06. The maximum atomic E-state index is 11.6. The lowest BCUT2D eigenvalue weighted by molar-refractivity contribution is -0.322. The third-order valence-corrected chi connectivity index (χ3v) is 3.03. The van der Waals surface area contributed by atoms with Crippen molar-refractivity contribution >= 4 is 33.2 Å². The number of rotatable bonds is 4. The van der Waals surface area contributed by atoms with Crippen LogP contribution in [0, 0.1) is 0 Å². The fourth-order valence-corrected chi connectivity index (χ4v) is 1.57. The monoisotopic (exact) mass is 317 g/mol. The summed E-state index contributed by atoms with van der Waals surface area (Å²) < 4.78 is 39.2. The molecular weight excluding hydrogens is 310 g/mol. The van der Waals surface area contributed by atoms with Crippen LogP contribution in [-0.2, 0) is 4.74 Å². The third kappa shape index (κ3) is 4.59. The van der Waals surface area contributed by atoms with Crippen LogP contribution in [0.5, 0.6) is 0 Å². The van der Waals surface area contributed by atoms with Crippen molar-refractivity contribution in [3.05, 3.63) is 27.7 Å². The van der Waals surface area contributed by atoms with Crippen LogP contribution in [0.25, 0.3) is 0 Å². The summed E-state index contributed by atoms with van der Waals surface area (Å²) in [5.74, 6) is 0. The Morgan fingerprint density at radius 2 is 2.06 bits per heavy atom. The molecule has 0 spiro atoms. The fourth-order valence-electron chi connectivity index (χ4n) is 0.993. The molecule has 90 valence electrons. The average Bonchev–Trinajstić information content (AvgIpc) is 2.17. The van der Waals surface area contributed by atoms with Crippen molar-refractivity contribution in [1.82, 2.24) is 0 Å². The highest BCUT2D eigenvalue weighted by atomic mass is 79.9. The standard InChI is InChI=1S/C9H8BrClF3NO/c10-8-6(11)2-1-3-7(8)15-4-5-16-9(12,13)14/h1-3,15H,4-5H2. The third-order valence-electron chi connectivity index (χ3n) is 1.63. The van der Waals surface area contributed by atoms with Gasteiger partial charge in [-0.3, -0.25) is 4.74 Å². The Morgan fingerprint density at radius 1 is 1.38 bits per heavy atom. The van der Waals surface area contributed by atoms with Crippen molar-refractivity contribution in [3.63, 3.8) is 0 Å². The normalized spacial score (nSPS) is 11.6. The van der Waals surface area contributed by atoms with E-state index in [9.17, 15) is 13.2 Å². The quantitative estimate of drug-likeness (QED) is 0.846. The number of alkyl halides is 3. The van der Waals surface area contributed by atoms with Gasteiger partial charge in [0.25, 0.3) is 0 Å². The number of anilines is 1. The highest BCUT2D eigenvalue weighted by Crippen LogP contribution is 2.29. The van der Waals surface area contributed by atoms with Crippen molar-refractivity contribution in [2.45, 2.75) is 6.36 Å². The van der Waals surface area contributed by atoms with Gasteiger partial charge in [-0.1, -0.05) is 17.7 Å². The summed E-state index contributed by atoms with van der Waals surface area (Å²) in [5, 5.41) is 3.26.